The van der Waals surface area contributed by atoms with E-state index in [9.17, 15) is 4.79 Å². The molecule has 28 heavy (non-hydrogen) atoms. The predicted molar refractivity (Wildman–Crippen MR) is 107 cm³/mol. The van der Waals surface area contributed by atoms with Gasteiger partial charge in [-0.25, -0.2) is 0 Å². The summed E-state index contributed by atoms with van der Waals surface area (Å²) in [5, 5.41) is 11.7. The Kier molecular flexibility index (Phi) is 5.34. The zero-order chi connectivity index (χ0) is 19.5. The molecule has 4 rings (SSSR count). The maximum Gasteiger partial charge on any atom is 0.252 e. The highest BCUT2D eigenvalue weighted by molar-refractivity contribution is 5.94. The summed E-state index contributed by atoms with van der Waals surface area (Å²) in [7, 11) is 0. The van der Waals surface area contributed by atoms with Crippen LogP contribution in [0.3, 0.4) is 0 Å². The normalized spacial score (nSPS) is 17.5. The fourth-order valence-corrected chi connectivity index (χ4v) is 3.76. The Morgan fingerprint density at radius 2 is 2.18 bits per heavy atom. The molecule has 0 saturated carbocycles. The third-order valence-electron chi connectivity index (χ3n) is 5.43. The summed E-state index contributed by atoms with van der Waals surface area (Å²) in [6, 6.07) is 8.12. The highest BCUT2D eigenvalue weighted by Gasteiger charge is 2.29. The van der Waals surface area contributed by atoms with Crippen molar-refractivity contribution < 1.29 is 4.79 Å². The second-order valence-electron chi connectivity index (χ2n) is 7.65. The van der Waals surface area contributed by atoms with Gasteiger partial charge >= 0.3 is 0 Å². The van der Waals surface area contributed by atoms with Crippen molar-refractivity contribution >= 4 is 11.6 Å². The minimum absolute atomic E-state index is 0.0827. The number of nitrogens with zero attached hydrogens (tertiary/aromatic N) is 5. The van der Waals surface area contributed by atoms with Crippen molar-refractivity contribution in [2.75, 3.05) is 19.6 Å². The summed E-state index contributed by atoms with van der Waals surface area (Å²) in [6.07, 6.45) is 7.26. The maximum absolute atomic E-state index is 12.6. The van der Waals surface area contributed by atoms with Crippen LogP contribution in [0.4, 0.5) is 0 Å². The molecule has 1 atom stereocenters. The van der Waals surface area contributed by atoms with Crippen LogP contribution in [0, 0.1) is 0 Å². The van der Waals surface area contributed by atoms with E-state index in [0.29, 0.717) is 24.1 Å². The van der Waals surface area contributed by atoms with Gasteiger partial charge in [-0.3, -0.25) is 14.2 Å². The van der Waals surface area contributed by atoms with E-state index in [1.165, 1.54) is 0 Å². The lowest BCUT2D eigenvalue weighted by atomic mass is 10.1. The van der Waals surface area contributed by atoms with E-state index >= 15 is 0 Å². The van der Waals surface area contributed by atoms with Crippen molar-refractivity contribution in [1.82, 2.24) is 29.8 Å². The van der Waals surface area contributed by atoms with E-state index in [0.717, 1.165) is 43.0 Å². The SMILES string of the molecule is CC(C)N1CCC(c2nnc3ccc(C(=O)NCCc4cccnc4)cn23)C1. The number of pyridine rings is 2. The molecule has 3 aromatic rings. The van der Waals surface area contributed by atoms with Gasteiger partial charge in [0.25, 0.3) is 5.91 Å². The number of hydrogen-bond donors (Lipinski definition) is 1. The van der Waals surface area contributed by atoms with E-state index < -0.39 is 0 Å². The number of fused-ring (bicyclic) bond motifs is 1. The molecule has 1 aliphatic heterocycles. The van der Waals surface area contributed by atoms with Crippen molar-refractivity contribution in [3.05, 3.63) is 59.8 Å². The van der Waals surface area contributed by atoms with Gasteiger partial charge in [0.1, 0.15) is 5.82 Å². The number of hydrogen-bond acceptors (Lipinski definition) is 5. The van der Waals surface area contributed by atoms with Gasteiger partial charge in [-0.05, 0) is 57.0 Å². The quantitative estimate of drug-likeness (QED) is 0.712. The summed E-state index contributed by atoms with van der Waals surface area (Å²) in [5.41, 5.74) is 2.51. The summed E-state index contributed by atoms with van der Waals surface area (Å²) < 4.78 is 1.98. The van der Waals surface area contributed by atoms with E-state index in [1.54, 1.807) is 6.20 Å². The van der Waals surface area contributed by atoms with Gasteiger partial charge in [0.15, 0.2) is 5.65 Å². The van der Waals surface area contributed by atoms with Crippen LogP contribution in [0.2, 0.25) is 0 Å². The van der Waals surface area contributed by atoms with E-state index in [-0.39, 0.29) is 5.91 Å². The first-order valence-electron chi connectivity index (χ1n) is 9.87. The Bertz CT molecular complexity index is 952. The third-order valence-corrected chi connectivity index (χ3v) is 5.43. The van der Waals surface area contributed by atoms with Crippen molar-refractivity contribution in [2.45, 2.75) is 38.6 Å². The van der Waals surface area contributed by atoms with Crippen LogP contribution in [-0.2, 0) is 6.42 Å². The predicted octanol–water partition coefficient (Wildman–Crippen LogP) is 2.29. The third kappa shape index (κ3) is 3.89. The first-order valence-corrected chi connectivity index (χ1v) is 9.87. The van der Waals surface area contributed by atoms with Crippen molar-refractivity contribution in [3.8, 4) is 0 Å². The van der Waals surface area contributed by atoms with Gasteiger partial charge in [0.2, 0.25) is 0 Å². The van der Waals surface area contributed by atoms with Crippen LogP contribution in [0.1, 0.15) is 47.9 Å². The molecule has 1 fully saturated rings. The second-order valence-corrected chi connectivity index (χ2v) is 7.65. The smallest absolute Gasteiger partial charge is 0.252 e. The number of rotatable bonds is 6. The molecule has 3 aromatic heterocycles. The second kappa shape index (κ2) is 8.06. The fourth-order valence-electron chi connectivity index (χ4n) is 3.76. The van der Waals surface area contributed by atoms with Crippen LogP contribution >= 0.6 is 0 Å². The van der Waals surface area contributed by atoms with Crippen LogP contribution in [0.15, 0.2) is 42.9 Å². The van der Waals surface area contributed by atoms with E-state index in [2.05, 4.69) is 39.2 Å². The number of carbonyl (C=O) groups excluding carboxylic acids is 1. The Hall–Kier alpha value is -2.80. The lowest BCUT2D eigenvalue weighted by Gasteiger charge is -2.19. The molecule has 4 heterocycles. The summed E-state index contributed by atoms with van der Waals surface area (Å²) in [5.74, 6) is 1.21. The number of likely N-dealkylation sites (tertiary alicyclic amines) is 1. The minimum atomic E-state index is -0.0827. The fraction of sp³-hybridized carbons (Fsp3) is 0.429. The highest BCUT2D eigenvalue weighted by Crippen LogP contribution is 2.27. The van der Waals surface area contributed by atoms with Crippen LogP contribution in [-0.4, -0.2) is 56.1 Å². The molecule has 0 aromatic carbocycles. The number of nitrogens with one attached hydrogen (secondary N) is 1. The van der Waals surface area contributed by atoms with Gasteiger partial charge < -0.3 is 10.2 Å². The molecular weight excluding hydrogens is 352 g/mol. The average molecular weight is 378 g/mol. The van der Waals surface area contributed by atoms with Gasteiger partial charge in [-0.2, -0.15) is 0 Å². The summed E-state index contributed by atoms with van der Waals surface area (Å²) in [4.78, 5) is 19.1. The molecule has 1 amide bonds. The van der Waals surface area contributed by atoms with E-state index in [4.69, 9.17) is 0 Å². The molecular formula is C21H26N6O. The van der Waals surface area contributed by atoms with Gasteiger partial charge in [-0.1, -0.05) is 6.07 Å². The Labute approximate surface area is 164 Å². The molecule has 1 saturated heterocycles. The summed E-state index contributed by atoms with van der Waals surface area (Å²) in [6.45, 7) is 7.08. The van der Waals surface area contributed by atoms with Crippen LogP contribution in [0.5, 0.6) is 0 Å². The average Bonchev–Trinajstić information content (AvgIpc) is 3.35. The van der Waals surface area contributed by atoms with Gasteiger partial charge in [0.05, 0.1) is 5.56 Å². The lowest BCUT2D eigenvalue weighted by Crippen LogP contribution is -2.28. The summed E-state index contributed by atoms with van der Waals surface area (Å²) >= 11 is 0. The topological polar surface area (TPSA) is 75.4 Å². The van der Waals surface area contributed by atoms with Crippen molar-refractivity contribution in [3.63, 3.8) is 0 Å². The van der Waals surface area contributed by atoms with E-state index in [1.807, 2.05) is 41.1 Å². The zero-order valence-corrected chi connectivity index (χ0v) is 16.4. The molecule has 1 unspecified atom stereocenters. The Morgan fingerprint density at radius 3 is 2.93 bits per heavy atom. The first kappa shape index (κ1) is 18.6. The lowest BCUT2D eigenvalue weighted by molar-refractivity contribution is 0.0953. The molecule has 1 N–H and O–H groups in total. The monoisotopic (exact) mass is 378 g/mol. The molecule has 7 nitrogen and oxygen atoms in total. The highest BCUT2D eigenvalue weighted by atomic mass is 16.1. The van der Waals surface area contributed by atoms with Gasteiger partial charge in [-0.15, -0.1) is 10.2 Å². The minimum Gasteiger partial charge on any atom is -0.352 e. The number of aromatic nitrogens is 4. The molecule has 0 spiro atoms. The molecule has 0 bridgehead atoms. The number of amides is 1. The molecule has 0 aliphatic carbocycles. The zero-order valence-electron chi connectivity index (χ0n) is 16.4. The largest absolute Gasteiger partial charge is 0.352 e. The van der Waals surface area contributed by atoms with Crippen LogP contribution in [0.25, 0.3) is 5.65 Å². The Morgan fingerprint density at radius 1 is 1.29 bits per heavy atom. The van der Waals surface area contributed by atoms with Gasteiger partial charge in [0, 0.05) is 43.6 Å². The molecule has 1 aliphatic rings. The van der Waals surface area contributed by atoms with Crippen LogP contribution < -0.4 is 5.32 Å². The standard InChI is InChI=1S/C21H26N6O/c1-15(2)26-11-8-17(13-26)20-25-24-19-6-5-18(14-27(19)20)21(28)23-10-7-16-4-3-9-22-12-16/h3-6,9,12,14-15,17H,7-8,10-11,13H2,1-2H3,(H,23,28). The van der Waals surface area contributed by atoms with Crippen molar-refractivity contribution in [2.24, 2.45) is 0 Å². The molecule has 7 heteroatoms. The number of carbonyl (C=O) groups is 1. The Balaban J connectivity index is 1.45. The molecule has 146 valence electrons. The maximum atomic E-state index is 12.6. The molecule has 0 radical (unpaired) electrons. The van der Waals surface area contributed by atoms with Crippen molar-refractivity contribution in [1.29, 1.82) is 0 Å². The first-order chi connectivity index (χ1) is 13.6.